The zero-order valence-corrected chi connectivity index (χ0v) is 14.6. The third-order valence-corrected chi connectivity index (χ3v) is 3.98. The van der Waals surface area contributed by atoms with E-state index in [0.717, 1.165) is 30.1 Å². The van der Waals surface area contributed by atoms with Crippen LogP contribution in [0.1, 0.15) is 29.9 Å². The van der Waals surface area contributed by atoms with Gasteiger partial charge in [-0.1, -0.05) is 18.2 Å². The summed E-state index contributed by atoms with van der Waals surface area (Å²) in [6.07, 6.45) is 2.40. The lowest BCUT2D eigenvalue weighted by atomic mass is 10.1. The Labute approximate surface area is 143 Å². The number of para-hydroxylation sites is 1. The Morgan fingerprint density at radius 1 is 1.21 bits per heavy atom. The largest absolute Gasteiger partial charge is 0.496 e. The minimum atomic E-state index is -0.154. The fraction of sp³-hybridized carbons (Fsp3) is 0.368. The van der Waals surface area contributed by atoms with Crippen molar-refractivity contribution in [1.82, 2.24) is 10.3 Å². The molecule has 2 rings (SSSR count). The summed E-state index contributed by atoms with van der Waals surface area (Å²) >= 11 is 0. The maximum Gasteiger partial charge on any atom is 0.269 e. The van der Waals surface area contributed by atoms with Crippen molar-refractivity contribution in [1.29, 1.82) is 0 Å². The van der Waals surface area contributed by atoms with Gasteiger partial charge in [0.2, 0.25) is 0 Å². The fourth-order valence-electron chi connectivity index (χ4n) is 2.64. The Bertz CT molecular complexity index is 669. The van der Waals surface area contributed by atoms with E-state index < -0.39 is 0 Å². The predicted octanol–water partition coefficient (Wildman–Crippen LogP) is 2.91. The zero-order chi connectivity index (χ0) is 17.4. The van der Waals surface area contributed by atoms with Gasteiger partial charge in [-0.3, -0.25) is 9.78 Å². The van der Waals surface area contributed by atoms with Crippen molar-refractivity contribution in [3.63, 3.8) is 0 Å². The molecule has 128 valence electrons. The molecule has 5 heteroatoms. The number of benzene rings is 1. The summed E-state index contributed by atoms with van der Waals surface area (Å²) in [5.74, 6) is 0.687. The molecule has 5 nitrogen and oxygen atoms in total. The molecule has 1 aromatic carbocycles. The summed E-state index contributed by atoms with van der Waals surface area (Å²) in [6.45, 7) is 6.52. The van der Waals surface area contributed by atoms with Crippen LogP contribution >= 0.6 is 0 Å². The summed E-state index contributed by atoms with van der Waals surface area (Å²) in [6, 6.07) is 11.6. The molecule has 0 aliphatic heterocycles. The van der Waals surface area contributed by atoms with E-state index in [2.05, 4.69) is 29.0 Å². The van der Waals surface area contributed by atoms with E-state index in [-0.39, 0.29) is 5.91 Å². The highest BCUT2D eigenvalue weighted by Gasteiger charge is 2.10. The van der Waals surface area contributed by atoms with Crippen molar-refractivity contribution >= 4 is 11.6 Å². The molecule has 0 spiro atoms. The average Bonchev–Trinajstić information content (AvgIpc) is 2.63. The van der Waals surface area contributed by atoms with Crippen molar-refractivity contribution < 1.29 is 9.53 Å². The molecule has 0 saturated carbocycles. The lowest BCUT2D eigenvalue weighted by Gasteiger charge is -2.21. The van der Waals surface area contributed by atoms with E-state index in [1.54, 1.807) is 13.3 Å². The maximum absolute atomic E-state index is 12.3. The van der Waals surface area contributed by atoms with Crippen molar-refractivity contribution in [2.75, 3.05) is 31.6 Å². The van der Waals surface area contributed by atoms with Crippen LogP contribution in [0.5, 0.6) is 5.75 Å². The molecule has 0 unspecified atom stereocenters. The minimum absolute atomic E-state index is 0.154. The number of methoxy groups -OCH3 is 1. The highest BCUT2D eigenvalue weighted by atomic mass is 16.5. The van der Waals surface area contributed by atoms with Crippen LogP contribution in [-0.4, -0.2) is 37.6 Å². The van der Waals surface area contributed by atoms with Crippen LogP contribution in [0.4, 0.5) is 5.69 Å². The van der Waals surface area contributed by atoms with Gasteiger partial charge in [-0.15, -0.1) is 0 Å². The van der Waals surface area contributed by atoms with Gasteiger partial charge in [0.05, 0.1) is 7.11 Å². The maximum atomic E-state index is 12.3. The molecule has 1 amide bonds. The SMILES string of the molecule is CCN(CC)c1ccnc(C(=O)NCCc2ccccc2OC)c1. The number of carbonyl (C=O) groups excluding carboxylic acids is 1. The topological polar surface area (TPSA) is 54.5 Å². The highest BCUT2D eigenvalue weighted by molar-refractivity contribution is 5.93. The quantitative estimate of drug-likeness (QED) is 0.810. The van der Waals surface area contributed by atoms with Gasteiger partial charge in [0, 0.05) is 31.5 Å². The van der Waals surface area contributed by atoms with Crippen LogP contribution in [0.15, 0.2) is 42.6 Å². The molecular weight excluding hydrogens is 302 g/mol. The first-order valence-corrected chi connectivity index (χ1v) is 8.30. The number of nitrogens with one attached hydrogen (secondary N) is 1. The van der Waals surface area contributed by atoms with Gasteiger partial charge in [0.25, 0.3) is 5.91 Å². The number of hydrogen-bond acceptors (Lipinski definition) is 4. The van der Waals surface area contributed by atoms with Crippen molar-refractivity contribution in [2.24, 2.45) is 0 Å². The van der Waals surface area contributed by atoms with Crippen LogP contribution in [0.2, 0.25) is 0 Å². The Balaban J connectivity index is 1.96. The van der Waals surface area contributed by atoms with Gasteiger partial charge in [-0.05, 0) is 44.0 Å². The Morgan fingerprint density at radius 3 is 2.67 bits per heavy atom. The Morgan fingerprint density at radius 2 is 1.96 bits per heavy atom. The van der Waals surface area contributed by atoms with Crippen LogP contribution in [0.25, 0.3) is 0 Å². The molecule has 1 N–H and O–H groups in total. The molecule has 1 heterocycles. The molecule has 0 atom stereocenters. The summed E-state index contributed by atoms with van der Waals surface area (Å²) in [7, 11) is 1.65. The van der Waals surface area contributed by atoms with Gasteiger partial charge >= 0.3 is 0 Å². The first-order valence-electron chi connectivity index (χ1n) is 8.30. The second kappa shape index (κ2) is 8.91. The number of amides is 1. The third kappa shape index (κ3) is 4.47. The molecule has 0 aliphatic carbocycles. The number of anilines is 1. The zero-order valence-electron chi connectivity index (χ0n) is 14.6. The van der Waals surface area contributed by atoms with Gasteiger partial charge in [-0.25, -0.2) is 0 Å². The molecular formula is C19H25N3O2. The summed E-state index contributed by atoms with van der Waals surface area (Å²) in [5, 5.41) is 2.93. The molecule has 0 fully saturated rings. The number of hydrogen-bond donors (Lipinski definition) is 1. The molecule has 0 aliphatic rings. The Hall–Kier alpha value is -2.56. The molecule has 0 saturated heterocycles. The molecule has 1 aromatic heterocycles. The third-order valence-electron chi connectivity index (χ3n) is 3.98. The second-order valence-electron chi connectivity index (χ2n) is 5.39. The fourth-order valence-corrected chi connectivity index (χ4v) is 2.64. The van der Waals surface area contributed by atoms with Crippen molar-refractivity contribution in [3.05, 3.63) is 53.9 Å². The smallest absolute Gasteiger partial charge is 0.269 e. The molecule has 0 bridgehead atoms. The summed E-state index contributed by atoms with van der Waals surface area (Å²) in [5.41, 5.74) is 2.54. The van der Waals surface area contributed by atoms with E-state index in [1.807, 2.05) is 36.4 Å². The monoisotopic (exact) mass is 327 g/mol. The number of nitrogens with zero attached hydrogens (tertiary/aromatic N) is 2. The van der Waals surface area contributed by atoms with Gasteiger partial charge in [-0.2, -0.15) is 0 Å². The van der Waals surface area contributed by atoms with E-state index in [0.29, 0.717) is 18.7 Å². The van der Waals surface area contributed by atoms with Crippen LogP contribution < -0.4 is 15.0 Å². The lowest BCUT2D eigenvalue weighted by molar-refractivity contribution is 0.0949. The molecule has 2 aromatic rings. The summed E-state index contributed by atoms with van der Waals surface area (Å²) < 4.78 is 5.32. The first-order chi connectivity index (χ1) is 11.7. The van der Waals surface area contributed by atoms with Crippen LogP contribution in [0, 0.1) is 0 Å². The van der Waals surface area contributed by atoms with Gasteiger partial charge in [0.1, 0.15) is 11.4 Å². The van der Waals surface area contributed by atoms with Gasteiger partial charge < -0.3 is 15.0 Å². The van der Waals surface area contributed by atoms with E-state index in [1.165, 1.54) is 0 Å². The second-order valence-corrected chi connectivity index (χ2v) is 5.39. The number of ether oxygens (including phenoxy) is 1. The van der Waals surface area contributed by atoms with Crippen LogP contribution in [0.3, 0.4) is 0 Å². The number of pyridine rings is 1. The van der Waals surface area contributed by atoms with E-state index >= 15 is 0 Å². The number of carbonyl (C=O) groups is 1. The number of rotatable bonds is 8. The molecule has 0 radical (unpaired) electrons. The average molecular weight is 327 g/mol. The van der Waals surface area contributed by atoms with Gasteiger partial charge in [0.15, 0.2) is 0 Å². The van der Waals surface area contributed by atoms with Crippen molar-refractivity contribution in [2.45, 2.75) is 20.3 Å². The highest BCUT2D eigenvalue weighted by Crippen LogP contribution is 2.17. The lowest BCUT2D eigenvalue weighted by Crippen LogP contribution is -2.27. The van der Waals surface area contributed by atoms with E-state index in [4.69, 9.17) is 4.74 Å². The normalized spacial score (nSPS) is 10.3. The van der Waals surface area contributed by atoms with Crippen LogP contribution in [-0.2, 0) is 6.42 Å². The van der Waals surface area contributed by atoms with E-state index in [9.17, 15) is 4.79 Å². The minimum Gasteiger partial charge on any atom is -0.496 e. The summed E-state index contributed by atoms with van der Waals surface area (Å²) in [4.78, 5) is 18.7. The first kappa shape index (κ1) is 17.8. The molecule has 24 heavy (non-hydrogen) atoms. The van der Waals surface area contributed by atoms with Crippen molar-refractivity contribution in [3.8, 4) is 5.75 Å². The standard InChI is InChI=1S/C19H25N3O2/c1-4-22(5-2)16-11-13-20-17(14-16)19(23)21-12-10-15-8-6-7-9-18(15)24-3/h6-9,11,13-14H,4-5,10,12H2,1-3H3,(H,21,23). The Kier molecular flexibility index (Phi) is 6.61. The predicted molar refractivity (Wildman–Crippen MR) is 96.8 cm³/mol. The number of aromatic nitrogens is 1.